The Morgan fingerprint density at radius 3 is 2.86 bits per heavy atom. The van der Waals surface area contributed by atoms with E-state index in [0.29, 0.717) is 30.3 Å². The molecule has 37 heavy (non-hydrogen) atoms. The number of ether oxygens (including phenoxy) is 2. The Morgan fingerprint density at radius 1 is 1.30 bits per heavy atom. The van der Waals surface area contributed by atoms with Gasteiger partial charge in [-0.05, 0) is 61.3 Å². The molecule has 1 aliphatic heterocycles. The predicted molar refractivity (Wildman–Crippen MR) is 144 cm³/mol. The molecule has 2 fully saturated rings. The first-order chi connectivity index (χ1) is 17.8. The number of carbonyl (C=O) groups is 1. The van der Waals surface area contributed by atoms with E-state index in [9.17, 15) is 4.79 Å². The number of benzene rings is 1. The van der Waals surface area contributed by atoms with Crippen molar-refractivity contribution in [2.24, 2.45) is 30.7 Å². The molecule has 3 unspecified atom stereocenters. The van der Waals surface area contributed by atoms with Gasteiger partial charge in [-0.15, -0.1) is 0 Å². The number of carbonyl (C=O) groups excluding carboxylic acids is 1. The summed E-state index contributed by atoms with van der Waals surface area (Å²) in [6, 6.07) is 8.50. The molecule has 0 spiro atoms. The summed E-state index contributed by atoms with van der Waals surface area (Å²) in [6.45, 7) is 9.64. The Balaban J connectivity index is 0.00000294. The number of hydrogen-bond acceptors (Lipinski definition) is 5. The first-order valence-corrected chi connectivity index (χ1v) is 13.8. The second kappa shape index (κ2) is 9.03. The molecular weight excluding hydrogens is 464 g/mol. The summed E-state index contributed by atoms with van der Waals surface area (Å²) in [5.74, 6) is 3.01. The fourth-order valence-electron chi connectivity index (χ4n) is 7.33. The molecule has 0 radical (unpaired) electrons. The minimum atomic E-state index is -0.312. The highest BCUT2D eigenvalue weighted by molar-refractivity contribution is 5.71. The number of nitrogens with zero attached hydrogens (tertiary/aromatic N) is 4. The lowest BCUT2D eigenvalue weighted by Gasteiger charge is -2.36. The summed E-state index contributed by atoms with van der Waals surface area (Å²) in [7, 11) is 1.96. The summed E-state index contributed by atoms with van der Waals surface area (Å²) in [5.41, 5.74) is 4.37. The zero-order chi connectivity index (χ0) is 25.9. The zero-order valence-electron chi connectivity index (χ0n) is 22.6. The molecule has 2 aliphatic carbocycles. The molecule has 2 saturated carbocycles. The first-order valence-electron chi connectivity index (χ1n) is 13.8. The fourth-order valence-corrected chi connectivity index (χ4v) is 7.33. The largest absolute Gasteiger partial charge is 0.493 e. The topological polar surface area (TPSA) is 71.2 Å². The average Bonchev–Trinajstić information content (AvgIpc) is 3.14. The van der Waals surface area contributed by atoms with Gasteiger partial charge < -0.3 is 9.47 Å². The van der Waals surface area contributed by atoms with Crippen LogP contribution in [0.2, 0.25) is 0 Å². The molecule has 3 aromatic rings. The molecule has 6 rings (SSSR count). The third-order valence-corrected chi connectivity index (χ3v) is 9.46. The highest BCUT2D eigenvalue weighted by Gasteiger charge is 2.68. The number of aromatic nitrogens is 4. The minimum absolute atomic E-state index is 0. The molecule has 198 valence electrons. The maximum absolute atomic E-state index is 13.2. The van der Waals surface area contributed by atoms with Crippen LogP contribution in [0.4, 0.5) is 4.79 Å². The Bertz CT molecular complexity index is 1320. The summed E-state index contributed by atoms with van der Waals surface area (Å²) >= 11 is 0. The van der Waals surface area contributed by atoms with Gasteiger partial charge in [-0.1, -0.05) is 34.1 Å². The monoisotopic (exact) mass is 504 g/mol. The van der Waals surface area contributed by atoms with Gasteiger partial charge in [0.2, 0.25) is 0 Å². The van der Waals surface area contributed by atoms with E-state index in [-0.39, 0.29) is 25.0 Å². The number of rotatable bonds is 5. The standard InChI is InChI=1S/C30H38N4O3.H2/c1-6-30-22-14-20(25-11-12-32-33(25)5)8-10-26(22)36-16-23(30)28(30)24-15-34(17-31-24)29(35)37-27-13-19(4)7-9-21(27)18(2)3;/h8,10-12,14-15,17-19,21,23,27-28H,6-7,9,13,16H2,1-5H3;1H/t19-,21+,23?,27-,28?,30?;/m1./s1. The lowest BCUT2D eigenvalue weighted by atomic mass is 9.75. The smallest absolute Gasteiger partial charge is 0.419 e. The van der Waals surface area contributed by atoms with Crippen molar-refractivity contribution in [3.63, 3.8) is 0 Å². The molecule has 3 aliphatic rings. The van der Waals surface area contributed by atoms with E-state index in [0.717, 1.165) is 42.0 Å². The average molecular weight is 505 g/mol. The maximum atomic E-state index is 13.2. The van der Waals surface area contributed by atoms with E-state index in [2.05, 4.69) is 51.0 Å². The van der Waals surface area contributed by atoms with Crippen LogP contribution >= 0.6 is 0 Å². The van der Waals surface area contributed by atoms with Gasteiger partial charge in [0.25, 0.3) is 0 Å². The van der Waals surface area contributed by atoms with Crippen LogP contribution < -0.4 is 4.74 Å². The van der Waals surface area contributed by atoms with Crippen molar-refractivity contribution in [2.75, 3.05) is 6.61 Å². The van der Waals surface area contributed by atoms with E-state index in [1.165, 1.54) is 12.0 Å². The first kappa shape index (κ1) is 24.3. The molecule has 0 amide bonds. The summed E-state index contributed by atoms with van der Waals surface area (Å²) in [5, 5.41) is 4.34. The molecule has 7 nitrogen and oxygen atoms in total. The van der Waals surface area contributed by atoms with Gasteiger partial charge in [-0.25, -0.2) is 14.3 Å². The van der Waals surface area contributed by atoms with Crippen LogP contribution in [0.15, 0.2) is 43.0 Å². The van der Waals surface area contributed by atoms with Crippen molar-refractivity contribution >= 4 is 6.09 Å². The third kappa shape index (κ3) is 3.89. The highest BCUT2D eigenvalue weighted by Crippen LogP contribution is 2.70. The number of fused-ring (bicyclic) bond motifs is 3. The highest BCUT2D eigenvalue weighted by atomic mass is 16.6. The van der Waals surface area contributed by atoms with Crippen LogP contribution in [0.25, 0.3) is 11.3 Å². The second-order valence-electron chi connectivity index (χ2n) is 11.8. The molecule has 3 heterocycles. The van der Waals surface area contributed by atoms with Crippen LogP contribution in [0.1, 0.15) is 72.0 Å². The van der Waals surface area contributed by atoms with E-state index >= 15 is 0 Å². The van der Waals surface area contributed by atoms with Crippen molar-refractivity contribution < 1.29 is 15.7 Å². The lowest BCUT2D eigenvalue weighted by Crippen LogP contribution is -2.36. The fraction of sp³-hybridized carbons (Fsp3) is 0.567. The van der Waals surface area contributed by atoms with Gasteiger partial charge in [-0.2, -0.15) is 5.10 Å². The summed E-state index contributed by atoms with van der Waals surface area (Å²) in [6.07, 6.45) is 9.26. The van der Waals surface area contributed by atoms with E-state index in [1.54, 1.807) is 10.9 Å². The van der Waals surface area contributed by atoms with E-state index in [4.69, 9.17) is 14.5 Å². The van der Waals surface area contributed by atoms with E-state index in [1.807, 2.05) is 30.2 Å². The second-order valence-corrected chi connectivity index (χ2v) is 11.8. The van der Waals surface area contributed by atoms with Crippen molar-refractivity contribution in [2.45, 2.75) is 70.8 Å². The van der Waals surface area contributed by atoms with Crippen molar-refractivity contribution in [3.8, 4) is 17.0 Å². The van der Waals surface area contributed by atoms with E-state index < -0.39 is 0 Å². The number of hydrogen-bond donors (Lipinski definition) is 0. The molecule has 0 bridgehead atoms. The van der Waals surface area contributed by atoms with Crippen LogP contribution in [0.5, 0.6) is 5.75 Å². The molecule has 2 aromatic heterocycles. The molecule has 6 atom stereocenters. The quantitative estimate of drug-likeness (QED) is 0.400. The third-order valence-electron chi connectivity index (χ3n) is 9.46. The Morgan fingerprint density at radius 2 is 2.14 bits per heavy atom. The normalized spacial score (nSPS) is 30.4. The van der Waals surface area contributed by atoms with Crippen LogP contribution in [0, 0.1) is 23.7 Å². The van der Waals surface area contributed by atoms with Gasteiger partial charge in [0.1, 0.15) is 18.2 Å². The molecule has 0 N–H and O–H groups in total. The molecular formula is C30H40N4O3. The minimum Gasteiger partial charge on any atom is -0.493 e. The number of imidazole rings is 1. The molecule has 0 saturated heterocycles. The zero-order valence-corrected chi connectivity index (χ0v) is 22.6. The Kier molecular flexibility index (Phi) is 5.92. The van der Waals surface area contributed by atoms with Crippen LogP contribution in [-0.4, -0.2) is 38.1 Å². The van der Waals surface area contributed by atoms with Crippen molar-refractivity contribution in [3.05, 3.63) is 54.2 Å². The maximum Gasteiger partial charge on any atom is 0.419 e. The lowest BCUT2D eigenvalue weighted by molar-refractivity contribution is 0.00672. The molecule has 7 heteroatoms. The van der Waals surface area contributed by atoms with Crippen molar-refractivity contribution in [1.82, 2.24) is 19.3 Å². The van der Waals surface area contributed by atoms with Gasteiger partial charge in [-0.3, -0.25) is 4.68 Å². The van der Waals surface area contributed by atoms with Gasteiger partial charge >= 0.3 is 6.09 Å². The van der Waals surface area contributed by atoms with Crippen molar-refractivity contribution in [1.29, 1.82) is 0 Å². The predicted octanol–water partition coefficient (Wildman–Crippen LogP) is 6.43. The van der Waals surface area contributed by atoms with Gasteiger partial charge in [0.15, 0.2) is 0 Å². The Hall–Kier alpha value is -3.09. The summed E-state index contributed by atoms with van der Waals surface area (Å²) in [4.78, 5) is 17.9. The summed E-state index contributed by atoms with van der Waals surface area (Å²) < 4.78 is 15.7. The van der Waals surface area contributed by atoms with Crippen LogP contribution in [-0.2, 0) is 17.2 Å². The number of aryl methyl sites for hydroxylation is 1. The Labute approximate surface area is 220 Å². The SMILES string of the molecule is CCC12c3cc(-c4ccnn4C)ccc3OCC1C2c1cn(C(=O)O[C@@H]2C[C@H](C)CC[C@H]2C(C)C)cn1.[HH]. The molecule has 1 aromatic carbocycles. The van der Waals surface area contributed by atoms with Crippen LogP contribution in [0.3, 0.4) is 0 Å². The van der Waals surface area contributed by atoms with Gasteiger partial charge in [0.05, 0.1) is 18.0 Å². The van der Waals surface area contributed by atoms with Gasteiger partial charge in [0, 0.05) is 49.2 Å².